The van der Waals surface area contributed by atoms with Gasteiger partial charge in [0, 0.05) is 4.88 Å². The Morgan fingerprint density at radius 2 is 2.06 bits per heavy atom. The van der Waals surface area contributed by atoms with Gasteiger partial charge in [-0.15, -0.1) is 11.3 Å². The van der Waals surface area contributed by atoms with Crippen molar-refractivity contribution in [2.75, 3.05) is 7.11 Å². The summed E-state index contributed by atoms with van der Waals surface area (Å²) in [5.41, 5.74) is 1.70. The van der Waals surface area contributed by atoms with Crippen LogP contribution in [0.4, 0.5) is 0 Å². The predicted molar refractivity (Wildman–Crippen MR) is 74.9 cm³/mol. The molecule has 0 bridgehead atoms. The molecule has 1 aromatic carbocycles. The van der Waals surface area contributed by atoms with E-state index in [2.05, 4.69) is 6.92 Å². The molecule has 0 saturated heterocycles. The summed E-state index contributed by atoms with van der Waals surface area (Å²) >= 11 is 1.56. The molecule has 94 valence electrons. The molecule has 0 unspecified atom stereocenters. The van der Waals surface area contributed by atoms with Gasteiger partial charge in [-0.2, -0.15) is 0 Å². The second kappa shape index (κ2) is 5.36. The minimum atomic E-state index is 0.0419. The van der Waals surface area contributed by atoms with Crippen LogP contribution >= 0.6 is 11.3 Å². The van der Waals surface area contributed by atoms with Crippen LogP contribution in [0.3, 0.4) is 0 Å². The molecule has 3 heteroatoms. The lowest BCUT2D eigenvalue weighted by molar-refractivity contribution is 0.103. The van der Waals surface area contributed by atoms with Gasteiger partial charge in [0.2, 0.25) is 5.78 Å². The molecule has 0 fully saturated rings. The van der Waals surface area contributed by atoms with E-state index >= 15 is 0 Å². The van der Waals surface area contributed by atoms with Gasteiger partial charge >= 0.3 is 0 Å². The van der Waals surface area contributed by atoms with Gasteiger partial charge in [0.05, 0.1) is 17.6 Å². The topological polar surface area (TPSA) is 26.3 Å². The molecule has 0 atom stereocenters. The minimum Gasteiger partial charge on any atom is -0.496 e. The summed E-state index contributed by atoms with van der Waals surface area (Å²) < 4.78 is 5.26. The number of benzene rings is 1. The Kier molecular flexibility index (Phi) is 3.82. The van der Waals surface area contributed by atoms with Crippen LogP contribution in [0.15, 0.2) is 30.3 Å². The highest BCUT2D eigenvalue weighted by atomic mass is 32.1. The first kappa shape index (κ1) is 12.8. The Bertz CT molecular complexity index is 570. The van der Waals surface area contributed by atoms with Gasteiger partial charge in [-0.05, 0) is 37.6 Å². The summed E-state index contributed by atoms with van der Waals surface area (Å²) in [4.78, 5) is 14.4. The smallest absolute Gasteiger partial charge is 0.206 e. The third-order valence-corrected chi connectivity index (χ3v) is 4.06. The second-order valence-electron chi connectivity index (χ2n) is 4.15. The zero-order chi connectivity index (χ0) is 13.1. The Morgan fingerprint density at radius 3 is 2.67 bits per heavy atom. The van der Waals surface area contributed by atoms with Gasteiger partial charge in [-0.1, -0.05) is 18.6 Å². The van der Waals surface area contributed by atoms with Crippen molar-refractivity contribution in [3.8, 4) is 5.75 Å². The van der Waals surface area contributed by atoms with Crippen molar-refractivity contribution in [3.05, 3.63) is 51.2 Å². The maximum atomic E-state index is 12.4. The lowest BCUT2D eigenvalue weighted by Crippen LogP contribution is -2.02. The van der Waals surface area contributed by atoms with E-state index in [-0.39, 0.29) is 5.78 Å². The van der Waals surface area contributed by atoms with Crippen LogP contribution < -0.4 is 4.74 Å². The van der Waals surface area contributed by atoms with E-state index < -0.39 is 0 Å². The first-order valence-electron chi connectivity index (χ1n) is 5.93. The van der Waals surface area contributed by atoms with Crippen molar-refractivity contribution < 1.29 is 9.53 Å². The first-order valence-corrected chi connectivity index (χ1v) is 6.75. The van der Waals surface area contributed by atoms with E-state index in [1.54, 1.807) is 18.4 Å². The Labute approximate surface area is 111 Å². The molecular weight excluding hydrogens is 244 g/mol. The highest BCUT2D eigenvalue weighted by Crippen LogP contribution is 2.26. The van der Waals surface area contributed by atoms with Gasteiger partial charge in [-0.25, -0.2) is 0 Å². The zero-order valence-corrected chi connectivity index (χ0v) is 11.6. The average molecular weight is 260 g/mol. The fourth-order valence-electron chi connectivity index (χ4n) is 1.82. The van der Waals surface area contributed by atoms with Crippen LogP contribution in [-0.4, -0.2) is 12.9 Å². The van der Waals surface area contributed by atoms with Crippen LogP contribution in [0, 0.1) is 6.92 Å². The van der Waals surface area contributed by atoms with E-state index in [1.807, 2.05) is 37.3 Å². The Morgan fingerprint density at radius 1 is 1.28 bits per heavy atom. The van der Waals surface area contributed by atoms with E-state index in [0.29, 0.717) is 11.3 Å². The van der Waals surface area contributed by atoms with Crippen LogP contribution in [0.25, 0.3) is 0 Å². The third kappa shape index (κ3) is 2.46. The number of carbonyl (C=O) groups excluding carboxylic acids is 1. The molecule has 0 aliphatic carbocycles. The van der Waals surface area contributed by atoms with Gasteiger partial charge in [0.15, 0.2) is 0 Å². The number of carbonyl (C=O) groups is 1. The average Bonchev–Trinajstić information content (AvgIpc) is 2.86. The van der Waals surface area contributed by atoms with E-state index in [0.717, 1.165) is 16.9 Å². The SMILES string of the molecule is CCc1ccc(C(=O)c2cc(C)ccc2OC)s1. The van der Waals surface area contributed by atoms with E-state index in [9.17, 15) is 4.79 Å². The number of rotatable bonds is 4. The number of hydrogen-bond acceptors (Lipinski definition) is 3. The zero-order valence-electron chi connectivity index (χ0n) is 10.8. The summed E-state index contributed by atoms with van der Waals surface area (Å²) in [5.74, 6) is 0.678. The van der Waals surface area contributed by atoms with Crippen LogP contribution in [0.5, 0.6) is 5.75 Å². The lowest BCUT2D eigenvalue weighted by Gasteiger charge is -2.07. The minimum absolute atomic E-state index is 0.0419. The van der Waals surface area contributed by atoms with Crippen molar-refractivity contribution >= 4 is 17.1 Å². The molecular formula is C15H16O2S. The monoisotopic (exact) mass is 260 g/mol. The van der Waals surface area contributed by atoms with E-state index in [1.165, 1.54) is 4.88 Å². The van der Waals surface area contributed by atoms with Crippen molar-refractivity contribution in [1.29, 1.82) is 0 Å². The van der Waals surface area contributed by atoms with Crippen LogP contribution in [0.1, 0.15) is 32.6 Å². The van der Waals surface area contributed by atoms with Crippen molar-refractivity contribution in [2.45, 2.75) is 20.3 Å². The molecule has 0 N–H and O–H groups in total. The highest BCUT2D eigenvalue weighted by molar-refractivity contribution is 7.14. The van der Waals surface area contributed by atoms with Crippen LogP contribution in [0.2, 0.25) is 0 Å². The first-order chi connectivity index (χ1) is 8.65. The Hall–Kier alpha value is -1.61. The quantitative estimate of drug-likeness (QED) is 0.780. The predicted octanol–water partition coefficient (Wildman–Crippen LogP) is 3.86. The summed E-state index contributed by atoms with van der Waals surface area (Å²) in [6, 6.07) is 9.58. The molecule has 2 aromatic rings. The number of hydrogen-bond donors (Lipinski definition) is 0. The lowest BCUT2D eigenvalue weighted by atomic mass is 10.1. The summed E-state index contributed by atoms with van der Waals surface area (Å²) in [6.45, 7) is 4.06. The van der Waals surface area contributed by atoms with Crippen LogP contribution in [-0.2, 0) is 6.42 Å². The Balaban J connectivity index is 2.41. The fraction of sp³-hybridized carbons (Fsp3) is 0.267. The molecule has 2 rings (SSSR count). The van der Waals surface area contributed by atoms with Gasteiger partial charge in [0.25, 0.3) is 0 Å². The molecule has 18 heavy (non-hydrogen) atoms. The maximum Gasteiger partial charge on any atom is 0.206 e. The molecule has 0 spiro atoms. The molecule has 1 aromatic heterocycles. The van der Waals surface area contributed by atoms with Crippen molar-refractivity contribution in [1.82, 2.24) is 0 Å². The molecule has 1 heterocycles. The van der Waals surface area contributed by atoms with Crippen molar-refractivity contribution in [2.24, 2.45) is 0 Å². The second-order valence-corrected chi connectivity index (χ2v) is 5.32. The molecule has 0 amide bonds. The molecule has 0 saturated carbocycles. The number of methoxy groups -OCH3 is 1. The fourth-order valence-corrected chi connectivity index (χ4v) is 2.72. The summed E-state index contributed by atoms with van der Waals surface area (Å²) in [5, 5.41) is 0. The highest BCUT2D eigenvalue weighted by Gasteiger charge is 2.16. The molecule has 0 radical (unpaired) electrons. The number of thiophene rings is 1. The number of aryl methyl sites for hydroxylation is 2. The number of ketones is 1. The summed E-state index contributed by atoms with van der Waals surface area (Å²) in [6.07, 6.45) is 0.961. The standard InChI is InChI=1S/C15H16O2S/c1-4-11-6-8-14(18-11)15(16)12-9-10(2)5-7-13(12)17-3/h5-9H,4H2,1-3H3. The summed E-state index contributed by atoms with van der Waals surface area (Å²) in [7, 11) is 1.59. The van der Waals surface area contributed by atoms with Gasteiger partial charge in [-0.3, -0.25) is 4.79 Å². The largest absolute Gasteiger partial charge is 0.496 e. The molecule has 2 nitrogen and oxygen atoms in total. The normalized spacial score (nSPS) is 10.4. The molecule has 0 aliphatic rings. The van der Waals surface area contributed by atoms with E-state index in [4.69, 9.17) is 4.74 Å². The molecule has 0 aliphatic heterocycles. The van der Waals surface area contributed by atoms with Gasteiger partial charge < -0.3 is 4.74 Å². The third-order valence-electron chi connectivity index (χ3n) is 2.83. The number of ether oxygens (including phenoxy) is 1. The maximum absolute atomic E-state index is 12.4. The van der Waals surface area contributed by atoms with Crippen molar-refractivity contribution in [3.63, 3.8) is 0 Å². The van der Waals surface area contributed by atoms with Gasteiger partial charge in [0.1, 0.15) is 5.75 Å².